The Morgan fingerprint density at radius 3 is 2.93 bits per heavy atom. The standard InChI is InChI=1S/C10H11FN2O/c11-9-7-8(3-4-10(9)13)14-6-2-1-5-12/h3-4,7H,1-2,6,13H2. The van der Waals surface area contributed by atoms with Crippen molar-refractivity contribution < 1.29 is 9.13 Å². The lowest BCUT2D eigenvalue weighted by Crippen LogP contribution is -1.98. The van der Waals surface area contributed by atoms with Gasteiger partial charge in [0.05, 0.1) is 18.4 Å². The van der Waals surface area contributed by atoms with Crippen molar-refractivity contribution in [3.63, 3.8) is 0 Å². The van der Waals surface area contributed by atoms with Crippen LogP contribution in [0.3, 0.4) is 0 Å². The van der Waals surface area contributed by atoms with E-state index in [1.54, 1.807) is 6.07 Å². The molecular weight excluding hydrogens is 183 g/mol. The van der Waals surface area contributed by atoms with Gasteiger partial charge in [-0.25, -0.2) is 4.39 Å². The summed E-state index contributed by atoms with van der Waals surface area (Å²) in [5.41, 5.74) is 5.40. The second-order valence-electron chi connectivity index (χ2n) is 2.79. The third kappa shape index (κ3) is 2.94. The predicted molar refractivity (Wildman–Crippen MR) is 51.2 cm³/mol. The molecule has 0 saturated carbocycles. The zero-order valence-electron chi connectivity index (χ0n) is 7.66. The van der Waals surface area contributed by atoms with Gasteiger partial charge in [0.2, 0.25) is 0 Å². The molecule has 2 N–H and O–H groups in total. The van der Waals surface area contributed by atoms with Gasteiger partial charge in [-0.2, -0.15) is 5.26 Å². The first-order valence-electron chi connectivity index (χ1n) is 4.29. The number of halogens is 1. The van der Waals surface area contributed by atoms with Crippen molar-refractivity contribution in [2.24, 2.45) is 0 Å². The number of ether oxygens (including phenoxy) is 1. The Morgan fingerprint density at radius 1 is 1.50 bits per heavy atom. The summed E-state index contributed by atoms with van der Waals surface area (Å²) < 4.78 is 18.1. The molecule has 0 atom stereocenters. The van der Waals surface area contributed by atoms with Crippen molar-refractivity contribution in [1.82, 2.24) is 0 Å². The molecule has 0 aromatic heterocycles. The molecule has 1 rings (SSSR count). The van der Waals surface area contributed by atoms with Gasteiger partial charge in [0.25, 0.3) is 0 Å². The molecule has 1 aromatic carbocycles. The second-order valence-corrected chi connectivity index (χ2v) is 2.79. The van der Waals surface area contributed by atoms with Gasteiger partial charge in [-0.05, 0) is 18.6 Å². The second kappa shape index (κ2) is 5.07. The Labute approximate surface area is 81.9 Å². The van der Waals surface area contributed by atoms with Gasteiger partial charge in [0.15, 0.2) is 0 Å². The number of hydrogen-bond acceptors (Lipinski definition) is 3. The van der Waals surface area contributed by atoms with E-state index in [1.165, 1.54) is 12.1 Å². The monoisotopic (exact) mass is 194 g/mol. The fourth-order valence-electron chi connectivity index (χ4n) is 0.939. The first kappa shape index (κ1) is 10.3. The number of nitrogen functional groups attached to an aromatic ring is 1. The highest BCUT2D eigenvalue weighted by molar-refractivity contribution is 5.43. The van der Waals surface area contributed by atoms with Crippen molar-refractivity contribution in [3.05, 3.63) is 24.0 Å². The molecule has 3 nitrogen and oxygen atoms in total. The van der Waals surface area contributed by atoms with Crippen LogP contribution in [-0.4, -0.2) is 6.61 Å². The Bertz CT molecular complexity index is 346. The van der Waals surface area contributed by atoms with Gasteiger partial charge in [-0.1, -0.05) is 0 Å². The van der Waals surface area contributed by atoms with E-state index in [1.807, 2.05) is 6.07 Å². The van der Waals surface area contributed by atoms with Gasteiger partial charge >= 0.3 is 0 Å². The molecule has 0 bridgehead atoms. The minimum Gasteiger partial charge on any atom is -0.493 e. The number of nitriles is 1. The van der Waals surface area contributed by atoms with Gasteiger partial charge in [0, 0.05) is 12.5 Å². The molecule has 0 aliphatic carbocycles. The molecule has 4 heteroatoms. The number of rotatable bonds is 4. The van der Waals surface area contributed by atoms with Crippen LogP contribution in [0.5, 0.6) is 5.75 Å². The van der Waals surface area contributed by atoms with E-state index in [0.717, 1.165) is 0 Å². The van der Waals surface area contributed by atoms with Crippen molar-refractivity contribution in [1.29, 1.82) is 5.26 Å². The predicted octanol–water partition coefficient (Wildman–Crippen LogP) is 2.09. The summed E-state index contributed by atoms with van der Waals surface area (Å²) in [6, 6.07) is 6.29. The van der Waals surface area contributed by atoms with E-state index in [-0.39, 0.29) is 5.69 Å². The number of anilines is 1. The molecule has 0 fully saturated rings. The van der Waals surface area contributed by atoms with Crippen LogP contribution in [-0.2, 0) is 0 Å². The average Bonchev–Trinajstić information content (AvgIpc) is 2.18. The third-order valence-corrected chi connectivity index (χ3v) is 1.67. The lowest BCUT2D eigenvalue weighted by atomic mass is 10.3. The van der Waals surface area contributed by atoms with Crippen LogP contribution in [0, 0.1) is 17.1 Å². The minimum atomic E-state index is -0.484. The van der Waals surface area contributed by atoms with Crippen LogP contribution in [0.1, 0.15) is 12.8 Å². The van der Waals surface area contributed by atoms with E-state index in [2.05, 4.69) is 0 Å². The topological polar surface area (TPSA) is 59.0 Å². The smallest absolute Gasteiger partial charge is 0.149 e. The molecule has 0 saturated heterocycles. The quantitative estimate of drug-likeness (QED) is 0.589. The number of nitrogens with zero attached hydrogens (tertiary/aromatic N) is 1. The Morgan fingerprint density at radius 2 is 2.29 bits per heavy atom. The zero-order valence-corrected chi connectivity index (χ0v) is 7.66. The van der Waals surface area contributed by atoms with Gasteiger partial charge in [-0.15, -0.1) is 0 Å². The van der Waals surface area contributed by atoms with E-state index < -0.39 is 5.82 Å². The summed E-state index contributed by atoms with van der Waals surface area (Å²) in [5, 5.41) is 8.26. The number of benzene rings is 1. The summed E-state index contributed by atoms with van der Waals surface area (Å²) in [7, 11) is 0. The van der Waals surface area contributed by atoms with Crippen molar-refractivity contribution in [3.8, 4) is 11.8 Å². The molecule has 0 spiro atoms. The van der Waals surface area contributed by atoms with Crippen LogP contribution >= 0.6 is 0 Å². The van der Waals surface area contributed by atoms with Gasteiger partial charge in [0.1, 0.15) is 11.6 Å². The maximum atomic E-state index is 12.9. The molecule has 14 heavy (non-hydrogen) atoms. The third-order valence-electron chi connectivity index (χ3n) is 1.67. The lowest BCUT2D eigenvalue weighted by molar-refractivity contribution is 0.311. The molecule has 1 aromatic rings. The molecule has 0 aliphatic rings. The summed E-state index contributed by atoms with van der Waals surface area (Å²) >= 11 is 0. The number of nitrogens with two attached hydrogens (primary N) is 1. The number of unbranched alkanes of at least 4 members (excludes halogenated alkanes) is 1. The van der Waals surface area contributed by atoms with Gasteiger partial charge < -0.3 is 10.5 Å². The summed E-state index contributed by atoms with van der Waals surface area (Å²) in [6.45, 7) is 0.414. The van der Waals surface area contributed by atoms with Crippen molar-refractivity contribution in [2.75, 3.05) is 12.3 Å². The molecule has 0 radical (unpaired) electrons. The van der Waals surface area contributed by atoms with Crippen LogP contribution in [0.25, 0.3) is 0 Å². The van der Waals surface area contributed by atoms with Crippen LogP contribution in [0.15, 0.2) is 18.2 Å². The Hall–Kier alpha value is -1.76. The van der Waals surface area contributed by atoms with Crippen molar-refractivity contribution in [2.45, 2.75) is 12.8 Å². The van der Waals surface area contributed by atoms with E-state index in [9.17, 15) is 4.39 Å². The van der Waals surface area contributed by atoms with Crippen LogP contribution in [0.2, 0.25) is 0 Å². The van der Waals surface area contributed by atoms with E-state index >= 15 is 0 Å². The maximum absolute atomic E-state index is 12.9. The first-order valence-corrected chi connectivity index (χ1v) is 4.29. The molecule has 0 unspecified atom stereocenters. The normalized spacial score (nSPS) is 9.43. The summed E-state index contributed by atoms with van der Waals surface area (Å²) in [5.74, 6) is -0.0441. The molecule has 0 aliphatic heterocycles. The van der Waals surface area contributed by atoms with E-state index in [4.69, 9.17) is 15.7 Å². The summed E-state index contributed by atoms with van der Waals surface area (Å²) in [4.78, 5) is 0. The highest BCUT2D eigenvalue weighted by Gasteiger charge is 2.00. The Balaban J connectivity index is 2.44. The molecule has 0 amide bonds. The fraction of sp³-hybridized carbons (Fsp3) is 0.300. The van der Waals surface area contributed by atoms with Crippen molar-refractivity contribution >= 4 is 5.69 Å². The maximum Gasteiger partial charge on any atom is 0.149 e. The molecular formula is C10H11FN2O. The molecule has 74 valence electrons. The Kier molecular flexibility index (Phi) is 3.74. The lowest BCUT2D eigenvalue weighted by Gasteiger charge is -2.05. The summed E-state index contributed by atoms with van der Waals surface area (Å²) in [6.07, 6.45) is 1.08. The zero-order chi connectivity index (χ0) is 10.4. The fourth-order valence-corrected chi connectivity index (χ4v) is 0.939. The minimum absolute atomic E-state index is 0.106. The van der Waals surface area contributed by atoms with Gasteiger partial charge in [-0.3, -0.25) is 0 Å². The first-order chi connectivity index (χ1) is 6.74. The highest BCUT2D eigenvalue weighted by atomic mass is 19.1. The van der Waals surface area contributed by atoms with Crippen LogP contribution < -0.4 is 10.5 Å². The van der Waals surface area contributed by atoms with E-state index in [0.29, 0.717) is 25.2 Å². The largest absolute Gasteiger partial charge is 0.493 e. The molecule has 0 heterocycles. The average molecular weight is 194 g/mol. The SMILES string of the molecule is N#CCCCOc1ccc(N)c(F)c1. The number of hydrogen-bond donors (Lipinski definition) is 1. The highest BCUT2D eigenvalue weighted by Crippen LogP contribution is 2.17. The van der Waals surface area contributed by atoms with Crippen LogP contribution in [0.4, 0.5) is 10.1 Å².